The zero-order chi connectivity index (χ0) is 9.26. The van der Waals surface area contributed by atoms with Crippen molar-refractivity contribution in [2.75, 3.05) is 13.1 Å². The lowest BCUT2D eigenvalue weighted by Gasteiger charge is -2.36. The lowest BCUT2D eigenvalue weighted by Crippen LogP contribution is -2.49. The highest BCUT2D eigenvalue weighted by molar-refractivity contribution is 7.09. The smallest absolute Gasteiger partial charge is 0.309 e. The molecule has 2 heterocycles. The van der Waals surface area contributed by atoms with Gasteiger partial charge in [-0.15, -0.1) is 11.3 Å². The number of rotatable bonds is 3. The average molecular weight is 197 g/mol. The number of likely N-dealkylation sites (tertiary alicyclic amines) is 1. The molecule has 1 N–H and O–H groups in total. The highest BCUT2D eigenvalue weighted by Crippen LogP contribution is 2.20. The zero-order valence-electron chi connectivity index (χ0n) is 7.14. The number of hydrogen-bond donors (Lipinski definition) is 1. The van der Waals surface area contributed by atoms with Crippen LogP contribution < -0.4 is 0 Å². The maximum absolute atomic E-state index is 10.5. The normalized spacial score (nSPS) is 18.5. The fourth-order valence-electron chi connectivity index (χ4n) is 1.48. The van der Waals surface area contributed by atoms with Crippen molar-refractivity contribution < 1.29 is 9.90 Å². The predicted octanol–water partition coefficient (Wildman–Crippen LogP) is 1.26. The minimum Gasteiger partial charge on any atom is -0.481 e. The van der Waals surface area contributed by atoms with E-state index in [4.69, 9.17) is 5.11 Å². The van der Waals surface area contributed by atoms with E-state index in [-0.39, 0.29) is 5.92 Å². The molecule has 3 nitrogen and oxygen atoms in total. The number of hydrogen-bond acceptors (Lipinski definition) is 3. The molecule has 4 heteroatoms. The maximum Gasteiger partial charge on any atom is 0.309 e. The highest BCUT2D eigenvalue weighted by Gasteiger charge is 2.32. The van der Waals surface area contributed by atoms with Crippen molar-refractivity contribution in [3.8, 4) is 0 Å². The molecule has 0 spiro atoms. The molecular formula is C9H11NO2S. The molecule has 1 fully saturated rings. The molecule has 0 aliphatic carbocycles. The molecule has 0 radical (unpaired) electrons. The second kappa shape index (κ2) is 3.47. The van der Waals surface area contributed by atoms with Crippen molar-refractivity contribution in [3.63, 3.8) is 0 Å². The third-order valence-corrected chi connectivity index (χ3v) is 3.13. The van der Waals surface area contributed by atoms with E-state index in [1.54, 1.807) is 11.3 Å². The molecule has 2 rings (SSSR count). The van der Waals surface area contributed by atoms with E-state index in [0.29, 0.717) is 13.1 Å². The molecule has 0 bridgehead atoms. The standard InChI is InChI=1S/C9H11NO2S/c11-9(12)7-4-10(5-7)6-8-2-1-3-13-8/h1-3,7H,4-6H2,(H,11,12). The SMILES string of the molecule is O=C(O)C1CN(Cc2cccs2)C1. The van der Waals surface area contributed by atoms with E-state index in [2.05, 4.69) is 11.0 Å². The van der Waals surface area contributed by atoms with Gasteiger partial charge in [-0.25, -0.2) is 0 Å². The largest absolute Gasteiger partial charge is 0.481 e. The van der Waals surface area contributed by atoms with Gasteiger partial charge in [0.05, 0.1) is 5.92 Å². The van der Waals surface area contributed by atoms with E-state index < -0.39 is 5.97 Å². The van der Waals surface area contributed by atoms with Crippen molar-refractivity contribution in [1.29, 1.82) is 0 Å². The van der Waals surface area contributed by atoms with Crippen molar-refractivity contribution in [2.24, 2.45) is 5.92 Å². The van der Waals surface area contributed by atoms with Crippen LogP contribution in [0.5, 0.6) is 0 Å². The first-order valence-corrected chi connectivity index (χ1v) is 5.11. The summed E-state index contributed by atoms with van der Waals surface area (Å²) in [5.41, 5.74) is 0. The summed E-state index contributed by atoms with van der Waals surface area (Å²) >= 11 is 1.72. The van der Waals surface area contributed by atoms with Gasteiger partial charge in [-0.3, -0.25) is 9.69 Å². The van der Waals surface area contributed by atoms with Crippen LogP contribution in [-0.2, 0) is 11.3 Å². The molecule has 70 valence electrons. The lowest BCUT2D eigenvalue weighted by molar-refractivity contribution is -0.147. The summed E-state index contributed by atoms with van der Waals surface area (Å²) in [4.78, 5) is 14.0. The fourth-order valence-corrected chi connectivity index (χ4v) is 2.22. The first-order chi connectivity index (χ1) is 6.25. The molecule has 13 heavy (non-hydrogen) atoms. The molecule has 1 aliphatic rings. The summed E-state index contributed by atoms with van der Waals surface area (Å²) < 4.78 is 0. The number of carboxylic acid groups (broad SMARTS) is 1. The van der Waals surface area contributed by atoms with Crippen molar-refractivity contribution in [1.82, 2.24) is 4.90 Å². The monoisotopic (exact) mass is 197 g/mol. The fraction of sp³-hybridized carbons (Fsp3) is 0.444. The van der Waals surface area contributed by atoms with Crippen molar-refractivity contribution in [3.05, 3.63) is 22.4 Å². The summed E-state index contributed by atoms with van der Waals surface area (Å²) in [5, 5.41) is 10.7. The van der Waals surface area contributed by atoms with E-state index >= 15 is 0 Å². The molecule has 1 aromatic rings. The molecule has 0 unspecified atom stereocenters. The number of thiophene rings is 1. The topological polar surface area (TPSA) is 40.5 Å². The van der Waals surface area contributed by atoms with Gasteiger partial charge in [-0.2, -0.15) is 0 Å². The van der Waals surface area contributed by atoms with Gasteiger partial charge < -0.3 is 5.11 Å². The Hall–Kier alpha value is -0.870. The number of aliphatic carboxylic acids is 1. The van der Waals surface area contributed by atoms with Gasteiger partial charge in [-0.05, 0) is 11.4 Å². The van der Waals surface area contributed by atoms with Gasteiger partial charge in [0, 0.05) is 24.5 Å². The molecule has 1 aromatic heterocycles. The molecule has 1 aliphatic heterocycles. The van der Waals surface area contributed by atoms with Crippen LogP contribution in [0.4, 0.5) is 0 Å². The summed E-state index contributed by atoms with van der Waals surface area (Å²) in [6.07, 6.45) is 0. The van der Waals surface area contributed by atoms with Crippen LogP contribution in [0.25, 0.3) is 0 Å². The summed E-state index contributed by atoms with van der Waals surface area (Å²) in [6, 6.07) is 4.10. The zero-order valence-corrected chi connectivity index (χ0v) is 7.96. The van der Waals surface area contributed by atoms with Crippen LogP contribution in [0, 0.1) is 5.92 Å². The van der Waals surface area contributed by atoms with Gasteiger partial charge in [0.1, 0.15) is 0 Å². The van der Waals surface area contributed by atoms with Crippen molar-refractivity contribution >= 4 is 17.3 Å². The minimum atomic E-state index is -0.664. The Kier molecular flexibility index (Phi) is 2.33. The number of carboxylic acids is 1. The summed E-state index contributed by atoms with van der Waals surface area (Å²) in [5.74, 6) is -0.803. The van der Waals surface area contributed by atoms with Crippen LogP contribution in [0.1, 0.15) is 4.88 Å². The second-order valence-electron chi connectivity index (χ2n) is 3.31. The van der Waals surface area contributed by atoms with Gasteiger partial charge in [0.2, 0.25) is 0 Å². The van der Waals surface area contributed by atoms with E-state index in [1.807, 2.05) is 11.4 Å². The second-order valence-corrected chi connectivity index (χ2v) is 4.34. The quantitative estimate of drug-likeness (QED) is 0.793. The Morgan fingerprint density at radius 3 is 3.00 bits per heavy atom. The Balaban J connectivity index is 1.79. The number of nitrogens with zero attached hydrogens (tertiary/aromatic N) is 1. The number of carbonyl (C=O) groups is 1. The Morgan fingerprint density at radius 2 is 2.46 bits per heavy atom. The molecule has 0 amide bonds. The maximum atomic E-state index is 10.5. The van der Waals surface area contributed by atoms with Gasteiger partial charge in [-0.1, -0.05) is 6.07 Å². The molecule has 1 saturated heterocycles. The van der Waals surface area contributed by atoms with E-state index in [0.717, 1.165) is 6.54 Å². The first kappa shape index (κ1) is 8.72. The van der Waals surface area contributed by atoms with Crippen LogP contribution in [0.15, 0.2) is 17.5 Å². The van der Waals surface area contributed by atoms with Crippen LogP contribution in [0.2, 0.25) is 0 Å². The average Bonchev–Trinajstić information content (AvgIpc) is 2.46. The van der Waals surface area contributed by atoms with Crippen LogP contribution >= 0.6 is 11.3 Å². The van der Waals surface area contributed by atoms with Gasteiger partial charge in [0.15, 0.2) is 0 Å². The van der Waals surface area contributed by atoms with Gasteiger partial charge in [0.25, 0.3) is 0 Å². The van der Waals surface area contributed by atoms with E-state index in [9.17, 15) is 4.79 Å². The van der Waals surface area contributed by atoms with Gasteiger partial charge >= 0.3 is 5.97 Å². The Bertz CT molecular complexity index is 291. The Morgan fingerprint density at radius 1 is 1.69 bits per heavy atom. The first-order valence-electron chi connectivity index (χ1n) is 4.23. The molecular weight excluding hydrogens is 186 g/mol. The molecule has 0 atom stereocenters. The third kappa shape index (κ3) is 1.89. The summed E-state index contributed by atoms with van der Waals surface area (Å²) in [7, 11) is 0. The van der Waals surface area contributed by atoms with E-state index in [1.165, 1.54) is 4.88 Å². The van der Waals surface area contributed by atoms with Crippen molar-refractivity contribution in [2.45, 2.75) is 6.54 Å². The minimum absolute atomic E-state index is 0.139. The summed E-state index contributed by atoms with van der Waals surface area (Å²) in [6.45, 7) is 2.31. The lowest BCUT2D eigenvalue weighted by atomic mass is 10.0. The molecule has 0 aromatic carbocycles. The Labute approximate surface area is 80.6 Å². The van der Waals surface area contributed by atoms with Crippen LogP contribution in [-0.4, -0.2) is 29.1 Å². The van der Waals surface area contributed by atoms with Crippen LogP contribution in [0.3, 0.4) is 0 Å². The highest BCUT2D eigenvalue weighted by atomic mass is 32.1. The predicted molar refractivity (Wildman–Crippen MR) is 50.7 cm³/mol. The molecule has 0 saturated carbocycles. The third-order valence-electron chi connectivity index (χ3n) is 2.27.